The van der Waals surface area contributed by atoms with Gasteiger partial charge < -0.3 is 15.2 Å². The summed E-state index contributed by atoms with van der Waals surface area (Å²) in [6.07, 6.45) is 0.344. The van der Waals surface area contributed by atoms with Crippen molar-refractivity contribution in [3.05, 3.63) is 76.5 Å². The van der Waals surface area contributed by atoms with Crippen molar-refractivity contribution in [1.82, 2.24) is 34.9 Å². The molecule has 0 bridgehead atoms. The summed E-state index contributed by atoms with van der Waals surface area (Å²) in [6, 6.07) is 13.1. The van der Waals surface area contributed by atoms with Gasteiger partial charge in [-0.25, -0.2) is 18.1 Å². The summed E-state index contributed by atoms with van der Waals surface area (Å²) in [5.74, 6) is -0.495. The van der Waals surface area contributed by atoms with E-state index in [0.717, 1.165) is 38.9 Å². The molecule has 12 nitrogen and oxygen atoms in total. The van der Waals surface area contributed by atoms with E-state index in [4.69, 9.17) is 4.74 Å². The second kappa shape index (κ2) is 13.8. The van der Waals surface area contributed by atoms with Crippen LogP contribution in [-0.2, 0) is 27.9 Å². The number of pyridine rings is 1. The number of amides is 1. The topological polar surface area (TPSA) is 152 Å². The van der Waals surface area contributed by atoms with Gasteiger partial charge in [0.05, 0.1) is 18.6 Å². The minimum Gasteiger partial charge on any atom is -0.472 e. The number of ether oxygens (including phenoxy) is 1. The molecule has 0 saturated carbocycles. The molecule has 1 amide bonds. The number of aryl methyl sites for hydroxylation is 3. The number of aliphatic hydroxyl groups is 1. The molecule has 46 heavy (non-hydrogen) atoms. The van der Waals surface area contributed by atoms with Crippen molar-refractivity contribution in [1.29, 1.82) is 0 Å². The zero-order chi connectivity index (χ0) is 33.2. The number of hydrogen-bond acceptors (Lipinski definition) is 9. The highest BCUT2D eigenvalue weighted by molar-refractivity contribution is 7.89. The maximum absolute atomic E-state index is 13.8. The number of fused-ring (bicyclic) bond motifs is 2. The molecule has 0 saturated heterocycles. The Morgan fingerprint density at radius 1 is 1.17 bits per heavy atom. The quantitative estimate of drug-likeness (QED) is 0.208. The molecule has 246 valence electrons. The zero-order valence-corrected chi connectivity index (χ0v) is 28.0. The molecule has 5 rings (SSSR count). The molecule has 3 atom stereocenters. The number of sulfonamides is 1. The molecule has 1 aliphatic rings. The van der Waals surface area contributed by atoms with Crippen molar-refractivity contribution < 1.29 is 23.1 Å². The van der Waals surface area contributed by atoms with Crippen LogP contribution in [0.4, 0.5) is 0 Å². The molecule has 0 radical (unpaired) electrons. The lowest BCUT2D eigenvalue weighted by Gasteiger charge is -2.25. The van der Waals surface area contributed by atoms with Gasteiger partial charge in [-0.3, -0.25) is 10.1 Å². The summed E-state index contributed by atoms with van der Waals surface area (Å²) in [5.41, 5.74) is 6.13. The molecule has 0 fully saturated rings. The number of nitrogens with one attached hydrogen (secondary N) is 2. The van der Waals surface area contributed by atoms with Crippen LogP contribution < -0.4 is 15.4 Å². The fourth-order valence-corrected chi connectivity index (χ4v) is 7.51. The maximum atomic E-state index is 13.8. The first kappa shape index (κ1) is 33.5. The van der Waals surface area contributed by atoms with E-state index in [-0.39, 0.29) is 54.7 Å². The number of hydrogen-bond donors (Lipinski definition) is 3. The molecule has 3 heterocycles. The fraction of sp³-hybridized carbons (Fsp3) is 0.455. The van der Waals surface area contributed by atoms with Crippen molar-refractivity contribution in [2.45, 2.75) is 90.2 Å². The predicted octanol–water partition coefficient (Wildman–Crippen LogP) is 3.39. The zero-order valence-electron chi connectivity index (χ0n) is 27.2. The second-order valence-corrected chi connectivity index (χ2v) is 14.1. The van der Waals surface area contributed by atoms with Gasteiger partial charge in [-0.1, -0.05) is 29.5 Å². The first-order valence-electron chi connectivity index (χ1n) is 15.6. The van der Waals surface area contributed by atoms with E-state index >= 15 is 0 Å². The molecular weight excluding hydrogens is 606 g/mol. The molecule has 2 aromatic carbocycles. The Labute approximate surface area is 270 Å². The number of nitrogens with zero attached hydrogens (tertiary/aromatic N) is 5. The Morgan fingerprint density at radius 3 is 2.70 bits per heavy atom. The Hall–Kier alpha value is -3.91. The second-order valence-electron chi connectivity index (χ2n) is 12.2. The Balaban J connectivity index is 1.51. The van der Waals surface area contributed by atoms with E-state index in [0.29, 0.717) is 6.54 Å². The summed E-state index contributed by atoms with van der Waals surface area (Å²) in [4.78, 5) is 17.6. The van der Waals surface area contributed by atoms with E-state index < -0.39 is 22.4 Å². The highest BCUT2D eigenvalue weighted by Crippen LogP contribution is 2.35. The first-order chi connectivity index (χ1) is 21.9. The average Bonchev–Trinajstić information content (AvgIpc) is 3.40. The van der Waals surface area contributed by atoms with Crippen molar-refractivity contribution >= 4 is 27.0 Å². The monoisotopic (exact) mass is 649 g/mol. The van der Waals surface area contributed by atoms with Gasteiger partial charge in [0.15, 0.2) is 0 Å². The van der Waals surface area contributed by atoms with E-state index in [1.165, 1.54) is 16.6 Å². The van der Waals surface area contributed by atoms with Crippen molar-refractivity contribution in [3.8, 4) is 5.88 Å². The normalized spacial score (nSPS) is 17.7. The van der Waals surface area contributed by atoms with Gasteiger partial charge in [0.25, 0.3) is 0 Å². The van der Waals surface area contributed by atoms with Gasteiger partial charge in [0, 0.05) is 37.7 Å². The first-order valence-corrected chi connectivity index (χ1v) is 17.1. The van der Waals surface area contributed by atoms with Crippen LogP contribution >= 0.6 is 0 Å². The van der Waals surface area contributed by atoms with Crippen LogP contribution in [0.3, 0.4) is 0 Å². The number of benzene rings is 2. The molecule has 2 aromatic heterocycles. The minimum atomic E-state index is -3.89. The SMILES string of the molecule is CCn1nnc2c(C)c([C@@H](CC(=O)NCC(O)NC(C)C)c3ccc(C)c(CN4C[C@@H](C)Oc5ncccc5S4(=O)=O)c3)ccc21. The summed E-state index contributed by atoms with van der Waals surface area (Å²) >= 11 is 0. The third kappa shape index (κ3) is 7.07. The van der Waals surface area contributed by atoms with E-state index in [1.807, 2.05) is 76.6 Å². The summed E-state index contributed by atoms with van der Waals surface area (Å²) in [6.45, 7) is 12.6. The van der Waals surface area contributed by atoms with Crippen molar-refractivity contribution in [2.75, 3.05) is 13.1 Å². The van der Waals surface area contributed by atoms with Crippen molar-refractivity contribution in [3.63, 3.8) is 0 Å². The highest BCUT2D eigenvalue weighted by Gasteiger charge is 2.34. The van der Waals surface area contributed by atoms with Gasteiger partial charge in [-0.15, -0.1) is 5.10 Å². The maximum Gasteiger partial charge on any atom is 0.248 e. The van der Waals surface area contributed by atoms with Gasteiger partial charge in [0.2, 0.25) is 21.8 Å². The smallest absolute Gasteiger partial charge is 0.248 e. The molecule has 1 aliphatic heterocycles. The van der Waals surface area contributed by atoms with Crippen LogP contribution in [0.15, 0.2) is 53.6 Å². The van der Waals surface area contributed by atoms with E-state index in [2.05, 4.69) is 25.9 Å². The Kier molecular flexibility index (Phi) is 10.1. The Bertz CT molecular complexity index is 1820. The summed E-state index contributed by atoms with van der Waals surface area (Å²) in [7, 11) is -3.89. The van der Waals surface area contributed by atoms with Gasteiger partial charge in [-0.05, 0) is 87.6 Å². The lowest BCUT2D eigenvalue weighted by Crippen LogP contribution is -2.43. The third-order valence-electron chi connectivity index (χ3n) is 8.32. The number of carbonyl (C=O) groups excluding carboxylic acids is 1. The van der Waals surface area contributed by atoms with Crippen LogP contribution in [0.25, 0.3) is 11.0 Å². The molecule has 1 unspecified atom stereocenters. The van der Waals surface area contributed by atoms with Crippen LogP contribution in [0.2, 0.25) is 0 Å². The number of aromatic nitrogens is 4. The Morgan fingerprint density at radius 2 is 1.96 bits per heavy atom. The van der Waals surface area contributed by atoms with Gasteiger partial charge in [-0.2, -0.15) is 4.31 Å². The number of rotatable bonds is 11. The standard InChI is InChI=1S/C33H43N7O5S/c1-7-40-28-13-12-26(23(6)32(28)37-38-40)27(16-30(41)35-17-31(42)36-20(2)3)24-11-10-21(4)25(15-24)19-39-18-22(5)45-33-29(46(39,43)44)9-8-14-34-33/h8-15,20,22,27,31,36,42H,7,16-19H2,1-6H3,(H,35,41)/t22-,27+,31?/m1/s1. The molecule has 4 aromatic rings. The largest absolute Gasteiger partial charge is 0.472 e. The molecular formula is C33H43N7O5S. The van der Waals surface area contributed by atoms with Crippen LogP contribution in [0.1, 0.15) is 67.9 Å². The van der Waals surface area contributed by atoms with Crippen molar-refractivity contribution in [2.24, 2.45) is 0 Å². The predicted molar refractivity (Wildman–Crippen MR) is 175 cm³/mol. The lowest BCUT2D eigenvalue weighted by atomic mass is 9.84. The average molecular weight is 650 g/mol. The molecule has 3 N–H and O–H groups in total. The molecule has 13 heteroatoms. The van der Waals surface area contributed by atoms with Crippen LogP contribution in [0.5, 0.6) is 5.88 Å². The molecule has 0 spiro atoms. The summed E-state index contributed by atoms with van der Waals surface area (Å²) < 4.78 is 36.7. The van der Waals surface area contributed by atoms with Crippen LogP contribution in [-0.4, -0.2) is 75.2 Å². The number of carbonyl (C=O) groups is 1. The molecule has 0 aliphatic carbocycles. The summed E-state index contributed by atoms with van der Waals surface area (Å²) in [5, 5.41) is 24.8. The number of aliphatic hydroxyl groups excluding tert-OH is 1. The lowest BCUT2D eigenvalue weighted by molar-refractivity contribution is -0.121. The van der Waals surface area contributed by atoms with Gasteiger partial charge >= 0.3 is 0 Å². The fourth-order valence-electron chi connectivity index (χ4n) is 5.94. The third-order valence-corrected chi connectivity index (χ3v) is 10.1. The van der Waals surface area contributed by atoms with Gasteiger partial charge in [0.1, 0.15) is 22.7 Å². The van der Waals surface area contributed by atoms with Crippen LogP contribution in [0, 0.1) is 13.8 Å². The van der Waals surface area contributed by atoms with E-state index in [1.54, 1.807) is 6.07 Å². The van der Waals surface area contributed by atoms with E-state index in [9.17, 15) is 18.3 Å². The highest BCUT2D eigenvalue weighted by atomic mass is 32.2. The minimum absolute atomic E-state index is 0.0425.